The van der Waals surface area contributed by atoms with Crippen LogP contribution in [0.5, 0.6) is 0 Å². The summed E-state index contributed by atoms with van der Waals surface area (Å²) in [5.41, 5.74) is 0. The molecule has 0 saturated carbocycles. The number of hydrogen-bond acceptors (Lipinski definition) is 8. The van der Waals surface area contributed by atoms with Crippen molar-refractivity contribution >= 4 is 20.8 Å². The number of phosphoric acid groups is 1. The van der Waals surface area contributed by atoms with Crippen LogP contribution in [0.3, 0.4) is 0 Å². The number of carbonyl (C=O) groups is 2. The predicted octanol–water partition coefficient (Wildman–Crippen LogP) is -1.09. The van der Waals surface area contributed by atoms with Gasteiger partial charge < -0.3 is 27.9 Å². The van der Waals surface area contributed by atoms with Crippen LogP contribution in [-0.2, 0) is 32.7 Å². The van der Waals surface area contributed by atoms with E-state index in [1.165, 1.54) is 0 Å². The molecule has 9 nitrogen and oxygen atoms in total. The van der Waals surface area contributed by atoms with Crippen molar-refractivity contribution in [1.82, 2.24) is 0 Å². The van der Waals surface area contributed by atoms with Crippen LogP contribution in [0.2, 0.25) is 0 Å². The maximum atomic E-state index is 11.4. The smallest absolute Gasteiger partial charge is 0.293 e. The zero-order valence-corrected chi connectivity index (χ0v) is 12.6. The highest BCUT2D eigenvalue weighted by atomic mass is 31.2. The van der Waals surface area contributed by atoms with Gasteiger partial charge in [0.15, 0.2) is 6.10 Å². The summed E-state index contributed by atoms with van der Waals surface area (Å²) in [5.74, 6) is 0. The van der Waals surface area contributed by atoms with Crippen LogP contribution in [0.4, 0.5) is 0 Å². The minimum Gasteiger partial charge on any atom is -0.756 e. The van der Waals surface area contributed by atoms with E-state index < -0.39 is 20.5 Å². The molecule has 0 bridgehead atoms. The Morgan fingerprint density at radius 3 is 2.30 bits per heavy atom. The highest BCUT2D eigenvalue weighted by molar-refractivity contribution is 7.45. The Balaban J connectivity index is 4.12. The molecule has 0 radical (unpaired) electrons. The summed E-state index contributed by atoms with van der Waals surface area (Å²) in [6.07, 6.45) is -1.01. The molecule has 1 unspecified atom stereocenters. The molecule has 0 aliphatic heterocycles. The number of nitrogens with zero attached hydrogens (tertiary/aromatic N) is 1. The molecular weight excluding hydrogens is 293 g/mol. The Morgan fingerprint density at radius 1 is 1.15 bits per heavy atom. The Bertz CT molecular complexity index is 343. The normalized spacial score (nSPS) is 16.0. The first-order valence-corrected chi connectivity index (χ1v) is 7.21. The van der Waals surface area contributed by atoms with Crippen molar-refractivity contribution in [3.63, 3.8) is 0 Å². The molecule has 0 aliphatic carbocycles. The lowest BCUT2D eigenvalue weighted by Gasteiger charge is -2.28. The number of phosphoric ester groups is 1. The lowest BCUT2D eigenvalue weighted by Crippen LogP contribution is -2.37. The quantitative estimate of drug-likeness (QED) is 0.254. The summed E-state index contributed by atoms with van der Waals surface area (Å²) in [6.45, 7) is -0.100. The van der Waals surface area contributed by atoms with E-state index in [0.717, 1.165) is 0 Å². The molecule has 0 aromatic carbocycles. The number of carbonyl (C=O) groups excluding carboxylic acids is 2. The minimum atomic E-state index is -4.49. The number of ether oxygens (including phenoxy) is 2. The number of rotatable bonds is 12. The van der Waals surface area contributed by atoms with E-state index in [1.807, 2.05) is 21.1 Å². The van der Waals surface area contributed by atoms with Gasteiger partial charge in [0.25, 0.3) is 20.8 Å². The van der Waals surface area contributed by atoms with Gasteiger partial charge in [-0.05, 0) is 0 Å². The van der Waals surface area contributed by atoms with Gasteiger partial charge in [-0.1, -0.05) is 0 Å². The van der Waals surface area contributed by atoms with Gasteiger partial charge in [-0.15, -0.1) is 0 Å². The standard InChI is InChI=1S/C10H20NO8P/c1-11(2,3)4-5-18-20(14,15)19-7-10(17-9-13)6-16-8-12/h8-10H,4-7H2,1-3H3/t10-/m1/s1. The number of quaternary nitrogens is 1. The van der Waals surface area contributed by atoms with Crippen LogP contribution in [0, 0.1) is 0 Å². The molecule has 10 heteroatoms. The topological polar surface area (TPSA) is 111 Å². The van der Waals surface area contributed by atoms with Crippen LogP contribution in [-0.4, -0.2) is 71.0 Å². The maximum absolute atomic E-state index is 11.4. The van der Waals surface area contributed by atoms with Gasteiger partial charge in [0.2, 0.25) is 0 Å². The van der Waals surface area contributed by atoms with E-state index in [9.17, 15) is 19.0 Å². The highest BCUT2D eigenvalue weighted by Crippen LogP contribution is 2.38. The van der Waals surface area contributed by atoms with Gasteiger partial charge in [0.1, 0.15) is 19.8 Å². The third kappa shape index (κ3) is 10.9. The lowest BCUT2D eigenvalue weighted by molar-refractivity contribution is -0.870. The zero-order valence-electron chi connectivity index (χ0n) is 11.7. The Labute approximate surface area is 117 Å². The fourth-order valence-corrected chi connectivity index (χ4v) is 1.72. The average Bonchev–Trinajstić information content (AvgIpc) is 2.31. The lowest BCUT2D eigenvalue weighted by atomic mass is 10.4. The molecule has 0 spiro atoms. The molecule has 0 fully saturated rings. The number of hydrogen-bond donors (Lipinski definition) is 0. The van der Waals surface area contributed by atoms with Crippen molar-refractivity contribution in [2.24, 2.45) is 0 Å². The molecule has 0 heterocycles. The molecule has 0 N–H and O–H groups in total. The van der Waals surface area contributed by atoms with Crippen LogP contribution >= 0.6 is 7.82 Å². The van der Waals surface area contributed by atoms with Gasteiger partial charge in [0, 0.05) is 0 Å². The Kier molecular flexibility index (Phi) is 8.59. The first-order chi connectivity index (χ1) is 9.20. The maximum Gasteiger partial charge on any atom is 0.293 e. The summed E-state index contributed by atoms with van der Waals surface area (Å²) in [5, 5.41) is 0. The number of likely N-dealkylation sites (N-methyl/N-ethyl adjacent to an activating group) is 1. The molecule has 0 aliphatic rings. The first-order valence-electron chi connectivity index (χ1n) is 5.75. The van der Waals surface area contributed by atoms with E-state index in [2.05, 4.69) is 18.5 Å². The molecular formula is C10H20NO8P. The van der Waals surface area contributed by atoms with Crippen molar-refractivity contribution in [2.75, 3.05) is 47.5 Å². The summed E-state index contributed by atoms with van der Waals surface area (Å²) in [6, 6.07) is 0. The predicted molar refractivity (Wildman–Crippen MR) is 65.4 cm³/mol. The molecule has 0 amide bonds. The zero-order chi connectivity index (χ0) is 15.6. The van der Waals surface area contributed by atoms with Gasteiger partial charge in [-0.25, -0.2) is 0 Å². The SMILES string of the molecule is C[N+](C)(C)CCOP(=O)([O-])OC[C@@H](COC=O)OC=O. The second kappa shape index (κ2) is 9.04. The van der Waals surface area contributed by atoms with Crippen molar-refractivity contribution in [3.8, 4) is 0 Å². The average molecular weight is 313 g/mol. The Morgan fingerprint density at radius 2 is 1.80 bits per heavy atom. The van der Waals surface area contributed by atoms with Crippen molar-refractivity contribution in [1.29, 1.82) is 0 Å². The summed E-state index contributed by atoms with van der Waals surface area (Å²) in [4.78, 5) is 31.6. The third-order valence-electron chi connectivity index (χ3n) is 2.03. The van der Waals surface area contributed by atoms with Gasteiger partial charge >= 0.3 is 0 Å². The van der Waals surface area contributed by atoms with E-state index >= 15 is 0 Å². The molecule has 20 heavy (non-hydrogen) atoms. The van der Waals surface area contributed by atoms with E-state index in [-0.39, 0.29) is 26.2 Å². The van der Waals surface area contributed by atoms with Gasteiger partial charge in [0.05, 0.1) is 27.7 Å². The Hall–Kier alpha value is -0.990. The van der Waals surface area contributed by atoms with Gasteiger partial charge in [-0.2, -0.15) is 0 Å². The summed E-state index contributed by atoms with van der Waals surface area (Å²) in [7, 11) is 1.15. The molecule has 0 aromatic heterocycles. The van der Waals surface area contributed by atoms with Crippen LogP contribution < -0.4 is 4.89 Å². The summed E-state index contributed by atoms with van der Waals surface area (Å²) < 4.78 is 30.0. The van der Waals surface area contributed by atoms with Crippen LogP contribution in [0.1, 0.15) is 0 Å². The second-order valence-corrected chi connectivity index (χ2v) is 6.28. The largest absolute Gasteiger partial charge is 0.756 e. The highest BCUT2D eigenvalue weighted by Gasteiger charge is 2.17. The molecule has 0 aromatic rings. The van der Waals surface area contributed by atoms with Crippen molar-refractivity contribution in [2.45, 2.75) is 6.10 Å². The van der Waals surface area contributed by atoms with Gasteiger partial charge in [-0.3, -0.25) is 14.2 Å². The summed E-state index contributed by atoms with van der Waals surface area (Å²) >= 11 is 0. The second-order valence-electron chi connectivity index (χ2n) is 4.87. The monoisotopic (exact) mass is 313 g/mol. The van der Waals surface area contributed by atoms with Crippen LogP contribution in [0.15, 0.2) is 0 Å². The minimum absolute atomic E-state index is 0.0334. The molecule has 0 saturated heterocycles. The molecule has 2 atom stereocenters. The van der Waals surface area contributed by atoms with Crippen molar-refractivity contribution < 1.29 is 42.1 Å². The van der Waals surface area contributed by atoms with E-state index in [0.29, 0.717) is 11.0 Å². The molecule has 0 rings (SSSR count). The van der Waals surface area contributed by atoms with E-state index in [4.69, 9.17) is 0 Å². The third-order valence-corrected chi connectivity index (χ3v) is 2.99. The fourth-order valence-electron chi connectivity index (χ4n) is 0.990. The van der Waals surface area contributed by atoms with Crippen LogP contribution in [0.25, 0.3) is 0 Å². The van der Waals surface area contributed by atoms with Crippen molar-refractivity contribution in [3.05, 3.63) is 0 Å². The first kappa shape index (κ1) is 19.0. The fraction of sp³-hybridized carbons (Fsp3) is 0.800. The van der Waals surface area contributed by atoms with E-state index in [1.54, 1.807) is 0 Å². The molecule has 118 valence electrons.